The van der Waals surface area contributed by atoms with E-state index in [2.05, 4.69) is 5.10 Å². The molecule has 0 amide bonds. The summed E-state index contributed by atoms with van der Waals surface area (Å²) in [6.07, 6.45) is 1.70. The van der Waals surface area contributed by atoms with Gasteiger partial charge in [-0.25, -0.2) is 9.07 Å². The molecule has 0 saturated heterocycles. The Bertz CT molecular complexity index is 479. The number of benzene rings is 1. The molecule has 0 unspecified atom stereocenters. The molecular formula is C11H10ClFN2. The van der Waals surface area contributed by atoms with Crippen molar-refractivity contribution < 1.29 is 4.39 Å². The van der Waals surface area contributed by atoms with Crippen LogP contribution in [-0.4, -0.2) is 9.78 Å². The topological polar surface area (TPSA) is 17.8 Å². The van der Waals surface area contributed by atoms with Gasteiger partial charge in [-0.05, 0) is 30.7 Å². The SMILES string of the molecule is Cc1ccc(-n2ccc(CCl)n2)c(F)c1. The number of hydrogen-bond acceptors (Lipinski definition) is 1. The predicted octanol–water partition coefficient (Wildman–Crippen LogP) is 3.06. The third kappa shape index (κ3) is 2.02. The highest BCUT2D eigenvalue weighted by Crippen LogP contribution is 2.14. The summed E-state index contributed by atoms with van der Waals surface area (Å²) in [4.78, 5) is 0. The Hall–Kier alpha value is -1.35. The van der Waals surface area contributed by atoms with Crippen LogP contribution in [0.2, 0.25) is 0 Å². The molecule has 0 aliphatic heterocycles. The van der Waals surface area contributed by atoms with Gasteiger partial charge in [0.1, 0.15) is 11.5 Å². The van der Waals surface area contributed by atoms with Gasteiger partial charge in [-0.2, -0.15) is 5.10 Å². The van der Waals surface area contributed by atoms with Crippen molar-refractivity contribution in [3.05, 3.63) is 47.5 Å². The van der Waals surface area contributed by atoms with Gasteiger partial charge < -0.3 is 0 Å². The van der Waals surface area contributed by atoms with Crippen LogP contribution in [0.1, 0.15) is 11.3 Å². The number of nitrogens with zero attached hydrogens (tertiary/aromatic N) is 2. The zero-order chi connectivity index (χ0) is 10.8. The Morgan fingerprint density at radius 1 is 1.40 bits per heavy atom. The van der Waals surface area contributed by atoms with Crippen molar-refractivity contribution >= 4 is 11.6 Å². The first-order chi connectivity index (χ1) is 7.20. The van der Waals surface area contributed by atoms with Gasteiger partial charge in [-0.3, -0.25) is 0 Å². The number of rotatable bonds is 2. The molecule has 0 atom stereocenters. The lowest BCUT2D eigenvalue weighted by Gasteiger charge is -2.03. The minimum atomic E-state index is -0.278. The molecule has 15 heavy (non-hydrogen) atoms. The highest BCUT2D eigenvalue weighted by atomic mass is 35.5. The highest BCUT2D eigenvalue weighted by Gasteiger charge is 2.05. The molecule has 0 bridgehead atoms. The van der Waals surface area contributed by atoms with Crippen molar-refractivity contribution in [1.29, 1.82) is 0 Å². The molecule has 0 aliphatic rings. The van der Waals surface area contributed by atoms with Gasteiger partial charge in [0.05, 0.1) is 11.6 Å². The molecule has 2 aromatic rings. The minimum Gasteiger partial charge on any atom is -0.238 e. The van der Waals surface area contributed by atoms with Gasteiger partial charge in [-0.15, -0.1) is 11.6 Å². The molecule has 0 spiro atoms. The number of aromatic nitrogens is 2. The summed E-state index contributed by atoms with van der Waals surface area (Å²) < 4.78 is 15.0. The number of halogens is 2. The van der Waals surface area contributed by atoms with E-state index in [-0.39, 0.29) is 5.82 Å². The van der Waals surface area contributed by atoms with Crippen LogP contribution in [-0.2, 0) is 5.88 Å². The zero-order valence-electron chi connectivity index (χ0n) is 8.24. The molecule has 1 heterocycles. The van der Waals surface area contributed by atoms with E-state index < -0.39 is 0 Å². The number of hydrogen-bond donors (Lipinski definition) is 0. The second-order valence-corrected chi connectivity index (χ2v) is 3.61. The van der Waals surface area contributed by atoms with Crippen molar-refractivity contribution in [3.63, 3.8) is 0 Å². The lowest BCUT2D eigenvalue weighted by molar-refractivity contribution is 0.609. The van der Waals surface area contributed by atoms with Crippen LogP contribution < -0.4 is 0 Å². The molecule has 1 aromatic heterocycles. The molecule has 0 fully saturated rings. The summed E-state index contributed by atoms with van der Waals surface area (Å²) in [7, 11) is 0. The van der Waals surface area contributed by atoms with Gasteiger partial charge in [0, 0.05) is 6.20 Å². The third-order valence-electron chi connectivity index (χ3n) is 2.13. The van der Waals surface area contributed by atoms with Crippen LogP contribution in [0, 0.1) is 12.7 Å². The molecule has 0 aliphatic carbocycles. The largest absolute Gasteiger partial charge is 0.238 e. The van der Waals surface area contributed by atoms with Crippen molar-refractivity contribution in [2.45, 2.75) is 12.8 Å². The van der Waals surface area contributed by atoms with Crippen LogP contribution in [0.3, 0.4) is 0 Å². The molecule has 4 heteroatoms. The second kappa shape index (κ2) is 4.03. The highest BCUT2D eigenvalue weighted by molar-refractivity contribution is 6.16. The Labute approximate surface area is 92.3 Å². The van der Waals surface area contributed by atoms with E-state index >= 15 is 0 Å². The average molecular weight is 225 g/mol. The van der Waals surface area contributed by atoms with Crippen molar-refractivity contribution in [1.82, 2.24) is 9.78 Å². The van der Waals surface area contributed by atoms with E-state index in [0.717, 1.165) is 11.3 Å². The Morgan fingerprint density at radius 3 is 2.80 bits per heavy atom. The zero-order valence-corrected chi connectivity index (χ0v) is 9.00. The quantitative estimate of drug-likeness (QED) is 0.717. The summed E-state index contributed by atoms with van der Waals surface area (Å²) >= 11 is 5.62. The monoisotopic (exact) mass is 224 g/mol. The Kier molecular flexibility index (Phi) is 2.73. The van der Waals surface area contributed by atoms with Crippen molar-refractivity contribution in [2.75, 3.05) is 0 Å². The summed E-state index contributed by atoms with van der Waals surface area (Å²) in [5.74, 6) is 0.0553. The molecule has 2 nitrogen and oxygen atoms in total. The Balaban J connectivity index is 2.44. The van der Waals surface area contributed by atoms with Crippen LogP contribution in [0.5, 0.6) is 0 Å². The minimum absolute atomic E-state index is 0.278. The number of aryl methyl sites for hydroxylation is 1. The molecule has 2 rings (SSSR count). The summed E-state index contributed by atoms with van der Waals surface area (Å²) in [6.45, 7) is 1.85. The van der Waals surface area contributed by atoms with E-state index in [9.17, 15) is 4.39 Å². The van der Waals surface area contributed by atoms with Crippen LogP contribution in [0.25, 0.3) is 5.69 Å². The molecular weight excluding hydrogens is 215 g/mol. The first-order valence-corrected chi connectivity index (χ1v) is 5.11. The van der Waals surface area contributed by atoms with Gasteiger partial charge in [0.15, 0.2) is 0 Å². The van der Waals surface area contributed by atoms with Gasteiger partial charge in [-0.1, -0.05) is 6.07 Å². The van der Waals surface area contributed by atoms with E-state index in [0.29, 0.717) is 11.6 Å². The molecule has 0 saturated carbocycles. The van der Waals surface area contributed by atoms with E-state index in [1.54, 1.807) is 18.3 Å². The first kappa shape index (κ1) is 10.2. The standard InChI is InChI=1S/C11H10ClFN2/c1-8-2-3-11(10(13)6-8)15-5-4-9(7-12)14-15/h2-6H,7H2,1H3. The van der Waals surface area contributed by atoms with E-state index in [1.165, 1.54) is 10.7 Å². The smallest absolute Gasteiger partial charge is 0.149 e. The van der Waals surface area contributed by atoms with Crippen LogP contribution in [0.4, 0.5) is 4.39 Å². The third-order valence-corrected chi connectivity index (χ3v) is 2.41. The lowest BCUT2D eigenvalue weighted by atomic mass is 10.2. The van der Waals surface area contributed by atoms with Gasteiger partial charge in [0.25, 0.3) is 0 Å². The fourth-order valence-corrected chi connectivity index (χ4v) is 1.51. The maximum Gasteiger partial charge on any atom is 0.149 e. The summed E-state index contributed by atoms with van der Waals surface area (Å²) in [6, 6.07) is 6.81. The molecule has 78 valence electrons. The predicted molar refractivity (Wildman–Crippen MR) is 57.8 cm³/mol. The van der Waals surface area contributed by atoms with Crippen LogP contribution in [0.15, 0.2) is 30.5 Å². The maximum atomic E-state index is 13.6. The fourth-order valence-electron chi connectivity index (χ4n) is 1.36. The number of alkyl halides is 1. The van der Waals surface area contributed by atoms with Crippen LogP contribution >= 0.6 is 11.6 Å². The molecule has 1 aromatic carbocycles. The van der Waals surface area contributed by atoms with E-state index in [1.807, 2.05) is 13.0 Å². The second-order valence-electron chi connectivity index (χ2n) is 3.34. The van der Waals surface area contributed by atoms with Gasteiger partial charge >= 0.3 is 0 Å². The summed E-state index contributed by atoms with van der Waals surface area (Å²) in [5, 5.41) is 4.13. The fraction of sp³-hybridized carbons (Fsp3) is 0.182. The molecule has 0 radical (unpaired) electrons. The molecule has 0 N–H and O–H groups in total. The van der Waals surface area contributed by atoms with Crippen molar-refractivity contribution in [3.8, 4) is 5.69 Å². The van der Waals surface area contributed by atoms with Crippen molar-refractivity contribution in [2.24, 2.45) is 0 Å². The normalized spacial score (nSPS) is 10.6. The lowest BCUT2D eigenvalue weighted by Crippen LogP contribution is -1.99. The first-order valence-electron chi connectivity index (χ1n) is 4.58. The Morgan fingerprint density at radius 2 is 2.20 bits per heavy atom. The van der Waals surface area contributed by atoms with E-state index in [4.69, 9.17) is 11.6 Å². The van der Waals surface area contributed by atoms with Gasteiger partial charge in [0.2, 0.25) is 0 Å². The maximum absolute atomic E-state index is 13.6. The average Bonchev–Trinajstić information content (AvgIpc) is 2.66. The summed E-state index contributed by atoms with van der Waals surface area (Å²) in [5.41, 5.74) is 2.06.